The minimum Gasteiger partial charge on any atom is -0.100 e. The van der Waals surface area contributed by atoms with Gasteiger partial charge in [0.1, 0.15) is 0 Å². The first kappa shape index (κ1) is 14.8. The normalized spacial score (nSPS) is 15.6. The summed E-state index contributed by atoms with van der Waals surface area (Å²) >= 11 is 0. The fraction of sp³-hybridized carbons (Fsp3) is 0.400. The summed E-state index contributed by atoms with van der Waals surface area (Å²) in [6, 6.07) is 6.72. The number of allylic oxidation sites excluding steroid dienone is 4. The minimum absolute atomic E-state index is 0.696. The van der Waals surface area contributed by atoms with E-state index in [2.05, 4.69) is 58.2 Å². The lowest BCUT2D eigenvalue weighted by molar-refractivity contribution is 0.505. The highest BCUT2D eigenvalue weighted by atomic mass is 14.2. The highest BCUT2D eigenvalue weighted by molar-refractivity contribution is 5.81. The third kappa shape index (κ3) is 3.30. The molecule has 0 spiro atoms. The largest absolute Gasteiger partial charge is 0.100 e. The van der Waals surface area contributed by atoms with Gasteiger partial charge in [-0.1, -0.05) is 55.3 Å². The van der Waals surface area contributed by atoms with Gasteiger partial charge in [-0.25, -0.2) is 0 Å². The Kier molecular flexibility index (Phi) is 4.65. The van der Waals surface area contributed by atoms with Crippen molar-refractivity contribution in [2.75, 3.05) is 0 Å². The van der Waals surface area contributed by atoms with Crippen LogP contribution in [0.25, 0.3) is 5.57 Å². The smallest absolute Gasteiger partial charge is 0.00852 e. The fourth-order valence-electron chi connectivity index (χ4n) is 3.05. The van der Waals surface area contributed by atoms with Crippen molar-refractivity contribution in [2.24, 2.45) is 5.92 Å². The maximum Gasteiger partial charge on any atom is -0.00852 e. The molecule has 0 bridgehead atoms. The first-order valence-corrected chi connectivity index (χ1v) is 7.63. The molecule has 0 heterocycles. The molecule has 1 aliphatic rings. The second kappa shape index (κ2) is 6.26. The van der Waals surface area contributed by atoms with Gasteiger partial charge in [0.25, 0.3) is 0 Å². The Hall–Kier alpha value is -1.56. The van der Waals surface area contributed by atoms with Crippen molar-refractivity contribution >= 4 is 5.57 Å². The van der Waals surface area contributed by atoms with Crippen LogP contribution >= 0.6 is 0 Å². The number of benzene rings is 1. The summed E-state index contributed by atoms with van der Waals surface area (Å²) in [5, 5.41) is 0. The first-order chi connectivity index (χ1) is 9.51. The van der Waals surface area contributed by atoms with Crippen molar-refractivity contribution in [3.8, 4) is 0 Å². The first-order valence-electron chi connectivity index (χ1n) is 7.63. The monoisotopic (exact) mass is 266 g/mol. The van der Waals surface area contributed by atoms with Crippen molar-refractivity contribution < 1.29 is 0 Å². The van der Waals surface area contributed by atoms with Gasteiger partial charge in [0.15, 0.2) is 0 Å². The van der Waals surface area contributed by atoms with E-state index in [9.17, 15) is 0 Å². The molecule has 1 aromatic rings. The van der Waals surface area contributed by atoms with E-state index >= 15 is 0 Å². The molecular weight excluding hydrogens is 240 g/mol. The molecule has 0 N–H and O–H groups in total. The molecule has 0 saturated heterocycles. The molecule has 1 aromatic carbocycles. The SMILES string of the molecule is C=C(C)CC(CC)CC1=CCc2ccc(C)cc2C1=C. The standard InChI is InChI=1S/C20H26/c1-6-17(11-14(2)3)13-19-10-9-18-8-7-15(4)12-20(18)16(19)5/h7-8,10,12,17H,2,5-6,9,11,13H2,1,3-4H3. The van der Waals surface area contributed by atoms with Gasteiger partial charge in [-0.3, -0.25) is 0 Å². The molecular formula is C20H26. The molecule has 0 radical (unpaired) electrons. The molecule has 1 unspecified atom stereocenters. The zero-order chi connectivity index (χ0) is 14.7. The van der Waals surface area contributed by atoms with Crippen molar-refractivity contribution in [3.05, 3.63) is 65.3 Å². The van der Waals surface area contributed by atoms with E-state index in [1.807, 2.05) is 0 Å². The van der Waals surface area contributed by atoms with Crippen LogP contribution in [0.15, 0.2) is 48.6 Å². The van der Waals surface area contributed by atoms with E-state index in [1.165, 1.54) is 39.8 Å². The van der Waals surface area contributed by atoms with Crippen LogP contribution in [0.1, 0.15) is 49.8 Å². The molecule has 0 amide bonds. The van der Waals surface area contributed by atoms with Gasteiger partial charge in [0.2, 0.25) is 0 Å². The predicted molar refractivity (Wildman–Crippen MR) is 89.8 cm³/mol. The zero-order valence-corrected chi connectivity index (χ0v) is 13.1. The van der Waals surface area contributed by atoms with Gasteiger partial charge < -0.3 is 0 Å². The highest BCUT2D eigenvalue weighted by Crippen LogP contribution is 2.35. The van der Waals surface area contributed by atoms with Crippen LogP contribution < -0.4 is 0 Å². The van der Waals surface area contributed by atoms with E-state index in [4.69, 9.17) is 0 Å². The Labute approximate surface area is 123 Å². The summed E-state index contributed by atoms with van der Waals surface area (Å²) in [7, 11) is 0. The molecule has 0 heteroatoms. The lowest BCUT2D eigenvalue weighted by atomic mass is 9.81. The van der Waals surface area contributed by atoms with Crippen LogP contribution in [-0.2, 0) is 6.42 Å². The molecule has 0 saturated carbocycles. The van der Waals surface area contributed by atoms with Crippen molar-refractivity contribution in [3.63, 3.8) is 0 Å². The minimum atomic E-state index is 0.696. The molecule has 0 aromatic heterocycles. The number of hydrogen-bond acceptors (Lipinski definition) is 0. The van der Waals surface area contributed by atoms with Crippen LogP contribution in [-0.4, -0.2) is 0 Å². The van der Waals surface area contributed by atoms with Crippen LogP contribution in [0.2, 0.25) is 0 Å². The molecule has 0 fully saturated rings. The van der Waals surface area contributed by atoms with Gasteiger partial charge in [-0.05, 0) is 61.3 Å². The van der Waals surface area contributed by atoms with Gasteiger partial charge >= 0.3 is 0 Å². The number of aryl methyl sites for hydroxylation is 1. The quantitative estimate of drug-likeness (QED) is 0.584. The number of fused-ring (bicyclic) bond motifs is 1. The Bertz CT molecular complexity index is 557. The third-order valence-corrected chi connectivity index (χ3v) is 4.27. The van der Waals surface area contributed by atoms with Gasteiger partial charge in [-0.2, -0.15) is 0 Å². The summed E-state index contributed by atoms with van der Waals surface area (Å²) in [5.41, 5.74) is 8.05. The second-order valence-electron chi connectivity index (χ2n) is 6.21. The van der Waals surface area contributed by atoms with Crippen molar-refractivity contribution in [2.45, 2.75) is 46.5 Å². The summed E-state index contributed by atoms with van der Waals surface area (Å²) in [6.07, 6.45) is 6.89. The average molecular weight is 266 g/mol. The third-order valence-electron chi connectivity index (χ3n) is 4.27. The molecule has 106 valence electrons. The predicted octanol–water partition coefficient (Wildman–Crippen LogP) is 5.87. The van der Waals surface area contributed by atoms with Gasteiger partial charge in [0.05, 0.1) is 0 Å². The van der Waals surface area contributed by atoms with Crippen LogP contribution in [0.3, 0.4) is 0 Å². The fourth-order valence-corrected chi connectivity index (χ4v) is 3.05. The summed E-state index contributed by atoms with van der Waals surface area (Å²) in [4.78, 5) is 0. The molecule has 0 aliphatic heterocycles. The Morgan fingerprint density at radius 1 is 1.35 bits per heavy atom. The summed E-state index contributed by atoms with van der Waals surface area (Å²) in [6.45, 7) is 15.0. The van der Waals surface area contributed by atoms with Crippen molar-refractivity contribution in [1.82, 2.24) is 0 Å². The molecule has 2 rings (SSSR count). The summed E-state index contributed by atoms with van der Waals surface area (Å²) < 4.78 is 0. The summed E-state index contributed by atoms with van der Waals surface area (Å²) in [5.74, 6) is 0.696. The van der Waals surface area contributed by atoms with E-state index in [0.29, 0.717) is 5.92 Å². The average Bonchev–Trinajstić information content (AvgIpc) is 2.41. The lowest BCUT2D eigenvalue weighted by Gasteiger charge is -2.24. The Morgan fingerprint density at radius 2 is 2.10 bits per heavy atom. The van der Waals surface area contributed by atoms with E-state index in [1.54, 1.807) is 0 Å². The molecule has 1 aliphatic carbocycles. The molecule has 0 nitrogen and oxygen atoms in total. The number of hydrogen-bond donors (Lipinski definition) is 0. The Balaban J connectivity index is 2.17. The lowest BCUT2D eigenvalue weighted by Crippen LogP contribution is -2.07. The molecule has 1 atom stereocenters. The molecule has 20 heavy (non-hydrogen) atoms. The van der Waals surface area contributed by atoms with Gasteiger partial charge in [0, 0.05) is 0 Å². The Morgan fingerprint density at radius 3 is 2.75 bits per heavy atom. The maximum atomic E-state index is 4.35. The van der Waals surface area contributed by atoms with E-state index < -0.39 is 0 Å². The second-order valence-corrected chi connectivity index (χ2v) is 6.21. The van der Waals surface area contributed by atoms with E-state index in [0.717, 1.165) is 19.3 Å². The zero-order valence-electron chi connectivity index (χ0n) is 13.1. The van der Waals surface area contributed by atoms with Gasteiger partial charge in [-0.15, -0.1) is 6.58 Å². The van der Waals surface area contributed by atoms with E-state index in [-0.39, 0.29) is 0 Å². The topological polar surface area (TPSA) is 0 Å². The maximum absolute atomic E-state index is 4.35. The highest BCUT2D eigenvalue weighted by Gasteiger charge is 2.18. The van der Waals surface area contributed by atoms with Crippen LogP contribution in [0, 0.1) is 12.8 Å². The van der Waals surface area contributed by atoms with Crippen LogP contribution in [0.5, 0.6) is 0 Å². The van der Waals surface area contributed by atoms with Crippen molar-refractivity contribution in [1.29, 1.82) is 0 Å². The van der Waals surface area contributed by atoms with Crippen LogP contribution in [0.4, 0.5) is 0 Å². The number of rotatable bonds is 5.